The normalized spacial score (nSPS) is 11.1. The molecule has 1 heterocycles. The Kier molecular flexibility index (Phi) is 5.84. The summed E-state index contributed by atoms with van der Waals surface area (Å²) in [7, 11) is 1.27. The van der Waals surface area contributed by atoms with Crippen molar-refractivity contribution in [2.45, 2.75) is 32.9 Å². The van der Waals surface area contributed by atoms with Crippen molar-refractivity contribution >= 4 is 33.6 Å². The van der Waals surface area contributed by atoms with Gasteiger partial charge >= 0.3 is 12.0 Å². The van der Waals surface area contributed by atoms with Gasteiger partial charge in [-0.25, -0.2) is 14.6 Å². The molecular weight excluding hydrogens is 390 g/mol. The minimum absolute atomic E-state index is 0.0691. The number of hydrogen-bond donors (Lipinski definition) is 1. The zero-order valence-electron chi connectivity index (χ0n) is 14.5. The maximum absolute atomic E-state index is 12.7. The van der Waals surface area contributed by atoms with Gasteiger partial charge in [0.05, 0.1) is 13.7 Å². The van der Waals surface area contributed by atoms with E-state index in [9.17, 15) is 9.59 Å². The summed E-state index contributed by atoms with van der Waals surface area (Å²) in [4.78, 5) is 29.8. The molecule has 0 aliphatic heterocycles. The van der Waals surface area contributed by atoms with Crippen molar-refractivity contribution in [2.75, 3.05) is 12.4 Å². The molecule has 1 aromatic heterocycles. The minimum atomic E-state index is -0.586. The smallest absolute Gasteiger partial charge is 0.360 e. The molecule has 0 aliphatic carbocycles. The topological polar surface area (TPSA) is 84.7 Å². The van der Waals surface area contributed by atoms with Gasteiger partial charge in [-0.3, -0.25) is 0 Å². The molecule has 8 heteroatoms. The molecule has 1 N–H and O–H groups in total. The van der Waals surface area contributed by atoms with Crippen LogP contribution in [-0.4, -0.2) is 34.5 Å². The van der Waals surface area contributed by atoms with E-state index in [2.05, 4.69) is 31.0 Å². The highest BCUT2D eigenvalue weighted by atomic mass is 79.9. The highest BCUT2D eigenvalue weighted by Crippen LogP contribution is 2.20. The van der Waals surface area contributed by atoms with Crippen LogP contribution in [0, 0.1) is 0 Å². The lowest BCUT2D eigenvalue weighted by Crippen LogP contribution is -2.47. The molecule has 2 amide bonds. The van der Waals surface area contributed by atoms with Crippen molar-refractivity contribution in [1.82, 2.24) is 9.88 Å². The summed E-state index contributed by atoms with van der Waals surface area (Å²) < 4.78 is 10.8. The predicted octanol–water partition coefficient (Wildman–Crippen LogP) is 4.06. The maximum atomic E-state index is 12.7. The van der Waals surface area contributed by atoms with Crippen molar-refractivity contribution in [1.29, 1.82) is 0 Å². The summed E-state index contributed by atoms with van der Waals surface area (Å²) >= 11 is 3.35. The number of anilines is 1. The van der Waals surface area contributed by atoms with Crippen LogP contribution in [0.2, 0.25) is 0 Å². The Balaban J connectivity index is 2.15. The van der Waals surface area contributed by atoms with Gasteiger partial charge in [0.2, 0.25) is 5.89 Å². The van der Waals surface area contributed by atoms with Crippen molar-refractivity contribution in [3.8, 4) is 0 Å². The number of carbonyl (C=O) groups is 2. The Morgan fingerprint density at radius 3 is 2.48 bits per heavy atom. The summed E-state index contributed by atoms with van der Waals surface area (Å²) in [5.74, 6) is -0.335. The van der Waals surface area contributed by atoms with Gasteiger partial charge in [-0.1, -0.05) is 15.9 Å². The number of urea groups is 1. The fraction of sp³-hybridized carbons (Fsp3) is 0.353. The Labute approximate surface area is 154 Å². The van der Waals surface area contributed by atoms with Gasteiger partial charge in [0.1, 0.15) is 6.26 Å². The number of ether oxygens (including phenoxy) is 1. The lowest BCUT2D eigenvalue weighted by Gasteiger charge is -2.34. The van der Waals surface area contributed by atoms with E-state index in [0.717, 1.165) is 4.47 Å². The van der Waals surface area contributed by atoms with Gasteiger partial charge in [-0.2, -0.15) is 0 Å². The largest absolute Gasteiger partial charge is 0.464 e. The molecule has 2 aromatic rings. The molecular formula is C17H20BrN3O4. The number of carbonyl (C=O) groups excluding carboxylic acids is 2. The van der Waals surface area contributed by atoms with Crippen LogP contribution in [0.5, 0.6) is 0 Å². The number of aromatic nitrogens is 1. The van der Waals surface area contributed by atoms with Crippen molar-refractivity contribution in [3.63, 3.8) is 0 Å². The second-order valence-corrected chi connectivity index (χ2v) is 7.23. The molecule has 0 radical (unpaired) electrons. The number of nitrogens with zero attached hydrogens (tertiary/aromatic N) is 2. The van der Waals surface area contributed by atoms with Crippen LogP contribution in [0.25, 0.3) is 0 Å². The van der Waals surface area contributed by atoms with E-state index < -0.39 is 11.5 Å². The number of esters is 1. The molecule has 0 bridgehead atoms. The summed E-state index contributed by atoms with van der Waals surface area (Å²) in [6.07, 6.45) is 1.22. The molecule has 0 aliphatic rings. The number of halogens is 1. The van der Waals surface area contributed by atoms with Crippen LogP contribution >= 0.6 is 15.9 Å². The van der Waals surface area contributed by atoms with Gasteiger partial charge in [0.25, 0.3) is 0 Å². The van der Waals surface area contributed by atoms with Crippen LogP contribution in [0.3, 0.4) is 0 Å². The number of rotatable bonds is 4. The molecule has 0 fully saturated rings. The van der Waals surface area contributed by atoms with E-state index in [1.165, 1.54) is 13.4 Å². The van der Waals surface area contributed by atoms with E-state index in [4.69, 9.17) is 4.42 Å². The second kappa shape index (κ2) is 7.69. The van der Waals surface area contributed by atoms with Crippen molar-refractivity contribution < 1.29 is 18.7 Å². The molecule has 0 saturated carbocycles. The van der Waals surface area contributed by atoms with Gasteiger partial charge in [-0.15, -0.1) is 0 Å². The Morgan fingerprint density at radius 1 is 1.28 bits per heavy atom. The summed E-state index contributed by atoms with van der Waals surface area (Å²) in [5.41, 5.74) is 0.254. The van der Waals surface area contributed by atoms with Crippen LogP contribution in [-0.2, 0) is 11.3 Å². The quantitative estimate of drug-likeness (QED) is 0.769. The molecule has 25 heavy (non-hydrogen) atoms. The number of amides is 2. The van der Waals surface area contributed by atoms with Gasteiger partial charge in [-0.05, 0) is 45.0 Å². The fourth-order valence-corrected chi connectivity index (χ4v) is 2.32. The van der Waals surface area contributed by atoms with E-state index in [0.29, 0.717) is 5.69 Å². The molecule has 0 atom stereocenters. The number of nitrogens with one attached hydrogen (secondary N) is 1. The van der Waals surface area contributed by atoms with E-state index in [1.807, 2.05) is 32.9 Å². The fourth-order valence-electron chi connectivity index (χ4n) is 2.05. The summed E-state index contributed by atoms with van der Waals surface area (Å²) in [6.45, 7) is 5.82. The highest BCUT2D eigenvalue weighted by molar-refractivity contribution is 9.10. The molecule has 0 spiro atoms. The Bertz CT molecular complexity index is 750. The lowest BCUT2D eigenvalue weighted by atomic mass is 10.1. The van der Waals surface area contributed by atoms with Crippen LogP contribution in [0.4, 0.5) is 10.5 Å². The monoisotopic (exact) mass is 409 g/mol. The second-order valence-electron chi connectivity index (χ2n) is 6.31. The first-order valence-electron chi connectivity index (χ1n) is 7.57. The summed E-state index contributed by atoms with van der Waals surface area (Å²) in [6, 6.07) is 6.97. The van der Waals surface area contributed by atoms with Crippen LogP contribution < -0.4 is 5.32 Å². The molecule has 134 valence electrons. The van der Waals surface area contributed by atoms with Crippen molar-refractivity contribution in [2.24, 2.45) is 0 Å². The maximum Gasteiger partial charge on any atom is 0.360 e. The van der Waals surface area contributed by atoms with Crippen LogP contribution in [0.1, 0.15) is 37.2 Å². The first-order chi connectivity index (χ1) is 11.7. The predicted molar refractivity (Wildman–Crippen MR) is 96.3 cm³/mol. The van der Waals surface area contributed by atoms with Gasteiger partial charge in [0, 0.05) is 15.7 Å². The molecule has 1 aromatic carbocycles. The minimum Gasteiger partial charge on any atom is -0.464 e. The lowest BCUT2D eigenvalue weighted by molar-refractivity contribution is 0.0594. The summed E-state index contributed by atoms with van der Waals surface area (Å²) in [5, 5.41) is 2.84. The average Bonchev–Trinajstić information content (AvgIpc) is 3.01. The van der Waals surface area contributed by atoms with E-state index >= 15 is 0 Å². The number of benzene rings is 1. The third kappa shape index (κ3) is 5.06. The average molecular weight is 410 g/mol. The standard InChI is InChI=1S/C17H20BrN3O4/c1-17(2,3)21(9-14-20-13(10-25-14)15(22)24-4)16(23)19-12-7-5-11(18)6-8-12/h5-8,10H,9H2,1-4H3,(H,19,23). The first-order valence-corrected chi connectivity index (χ1v) is 8.37. The molecule has 2 rings (SSSR count). The molecule has 0 unspecified atom stereocenters. The highest BCUT2D eigenvalue weighted by Gasteiger charge is 2.28. The number of hydrogen-bond acceptors (Lipinski definition) is 5. The molecule has 7 nitrogen and oxygen atoms in total. The number of oxazole rings is 1. The zero-order valence-corrected chi connectivity index (χ0v) is 16.1. The van der Waals surface area contributed by atoms with Gasteiger partial charge < -0.3 is 19.4 Å². The Hall–Kier alpha value is -2.35. The number of methoxy groups -OCH3 is 1. The first kappa shape index (κ1) is 19.0. The SMILES string of the molecule is COC(=O)c1coc(CN(C(=O)Nc2ccc(Br)cc2)C(C)(C)C)n1. The Morgan fingerprint density at radius 2 is 1.92 bits per heavy atom. The van der Waals surface area contributed by atoms with E-state index in [1.54, 1.807) is 17.0 Å². The van der Waals surface area contributed by atoms with Gasteiger partial charge in [0.15, 0.2) is 5.69 Å². The van der Waals surface area contributed by atoms with Crippen molar-refractivity contribution in [3.05, 3.63) is 46.6 Å². The van der Waals surface area contributed by atoms with Crippen LogP contribution in [0.15, 0.2) is 39.4 Å². The zero-order chi connectivity index (χ0) is 18.6. The van der Waals surface area contributed by atoms with E-state index in [-0.39, 0.29) is 24.2 Å². The molecule has 0 saturated heterocycles. The third-order valence-electron chi connectivity index (χ3n) is 3.39. The third-order valence-corrected chi connectivity index (χ3v) is 3.92.